The van der Waals surface area contributed by atoms with Gasteiger partial charge in [-0.3, -0.25) is 9.79 Å². The molecule has 1 atom stereocenters. The molecule has 214 valence electrons. The number of nitrogens with two attached hydrogens (primary N) is 3. The number of aromatic nitrogens is 1. The van der Waals surface area contributed by atoms with Crippen LogP contribution >= 0.6 is 11.3 Å². The number of carbonyl (C=O) groups excluding carboxylic acids is 1. The minimum absolute atomic E-state index is 0.00124. The molecule has 3 aromatic rings. The molecule has 0 fully saturated rings. The average Bonchev–Trinajstić information content (AvgIpc) is 3.39. The molecule has 0 aliphatic carbocycles. The van der Waals surface area contributed by atoms with Crippen molar-refractivity contribution in [3.8, 4) is 11.5 Å². The highest BCUT2D eigenvalue weighted by Crippen LogP contribution is 2.30. The van der Waals surface area contributed by atoms with Gasteiger partial charge in [-0.25, -0.2) is 9.78 Å². The van der Waals surface area contributed by atoms with E-state index in [-0.39, 0.29) is 47.5 Å². The standard InChI is InChI=1S/C25H28BN7O7S/c27-8-9-30-22(28)14-4-6-16(7-5-14)38-10-11-39-33-20(18-13-41-25(29)31-18)23(34)32-19-12-15-2-1-3-17(24(35)36)21(15)40-26(19)37/h1-7,13,19,37H,8-12,27H2,(H2,28,30)(H2,29,31)(H,32,34)(H,35,36)/b33-20-/t19-/m0/s1. The Labute approximate surface area is 239 Å². The molecule has 4 rings (SSSR count). The van der Waals surface area contributed by atoms with Gasteiger partial charge in [0.1, 0.15) is 29.6 Å². The Kier molecular flexibility index (Phi) is 9.73. The lowest BCUT2D eigenvalue weighted by Crippen LogP contribution is -2.54. The van der Waals surface area contributed by atoms with Crippen LogP contribution in [0.15, 0.2) is 58.0 Å². The number of carbonyl (C=O) groups is 2. The zero-order chi connectivity index (χ0) is 29.4. The third-order valence-corrected chi connectivity index (χ3v) is 6.48. The molecule has 0 unspecified atom stereocenters. The van der Waals surface area contributed by atoms with Gasteiger partial charge < -0.3 is 46.9 Å². The van der Waals surface area contributed by atoms with E-state index in [1.54, 1.807) is 41.8 Å². The zero-order valence-corrected chi connectivity index (χ0v) is 22.5. The van der Waals surface area contributed by atoms with Crippen molar-refractivity contribution in [1.82, 2.24) is 10.3 Å². The van der Waals surface area contributed by atoms with Crippen molar-refractivity contribution in [3.05, 3.63) is 70.2 Å². The number of aromatic carboxylic acids is 1. The number of carboxylic acid groups (broad SMARTS) is 1. The summed E-state index contributed by atoms with van der Waals surface area (Å²) in [6, 6.07) is 11.6. The number of hydrogen-bond acceptors (Lipinski definition) is 12. The van der Waals surface area contributed by atoms with Crippen LogP contribution in [0.25, 0.3) is 0 Å². The van der Waals surface area contributed by atoms with Crippen LogP contribution in [-0.2, 0) is 16.1 Å². The summed E-state index contributed by atoms with van der Waals surface area (Å²) in [6.45, 7) is 0.959. The van der Waals surface area contributed by atoms with Crippen LogP contribution < -0.4 is 31.9 Å². The van der Waals surface area contributed by atoms with Crippen LogP contribution in [0.5, 0.6) is 11.5 Å². The number of benzene rings is 2. The van der Waals surface area contributed by atoms with Crippen molar-refractivity contribution in [3.63, 3.8) is 0 Å². The predicted molar refractivity (Wildman–Crippen MR) is 153 cm³/mol. The van der Waals surface area contributed by atoms with Crippen LogP contribution in [0.1, 0.15) is 27.2 Å². The summed E-state index contributed by atoms with van der Waals surface area (Å²) in [5.41, 5.74) is 18.3. The summed E-state index contributed by atoms with van der Waals surface area (Å²) in [7, 11) is -1.50. The summed E-state index contributed by atoms with van der Waals surface area (Å²) in [5, 5.41) is 28.2. The van der Waals surface area contributed by atoms with Crippen LogP contribution in [0.3, 0.4) is 0 Å². The molecule has 0 radical (unpaired) electrons. The smallest absolute Gasteiger partial charge is 0.534 e. The first-order chi connectivity index (χ1) is 19.8. The molecule has 1 aromatic heterocycles. The Morgan fingerprint density at radius 2 is 2.00 bits per heavy atom. The van der Waals surface area contributed by atoms with Crippen LogP contribution in [0.2, 0.25) is 0 Å². The first-order valence-corrected chi connectivity index (χ1v) is 13.3. The van der Waals surface area contributed by atoms with Gasteiger partial charge in [-0.05, 0) is 42.3 Å². The number of oxime groups is 1. The molecule has 1 aliphatic rings. The van der Waals surface area contributed by atoms with Gasteiger partial charge >= 0.3 is 13.1 Å². The number of carboxylic acids is 1. The number of aliphatic imine (C=N–C) groups is 1. The third kappa shape index (κ3) is 7.50. The van der Waals surface area contributed by atoms with Crippen molar-refractivity contribution < 1.29 is 33.9 Å². The fourth-order valence-corrected chi connectivity index (χ4v) is 4.41. The van der Waals surface area contributed by atoms with E-state index in [4.69, 9.17) is 31.4 Å². The Bertz CT molecular complexity index is 1450. The van der Waals surface area contributed by atoms with Crippen LogP contribution in [0.4, 0.5) is 5.13 Å². The number of anilines is 1. The first-order valence-electron chi connectivity index (χ1n) is 12.4. The topological polar surface area (TPSA) is 230 Å². The minimum atomic E-state index is -1.50. The van der Waals surface area contributed by atoms with Gasteiger partial charge in [0, 0.05) is 17.5 Å². The quantitative estimate of drug-likeness (QED) is 0.0549. The fourth-order valence-electron chi connectivity index (χ4n) is 3.86. The lowest BCUT2D eigenvalue weighted by molar-refractivity contribution is -0.115. The largest absolute Gasteiger partial charge is 0.547 e. The third-order valence-electron chi connectivity index (χ3n) is 5.81. The highest BCUT2D eigenvalue weighted by molar-refractivity contribution is 7.13. The van der Waals surface area contributed by atoms with Gasteiger partial charge in [0.2, 0.25) is 0 Å². The second-order valence-corrected chi connectivity index (χ2v) is 9.55. The average molecular weight is 581 g/mol. The maximum atomic E-state index is 13.2. The Morgan fingerprint density at radius 1 is 1.22 bits per heavy atom. The fraction of sp³-hybridized carbons (Fsp3) is 0.240. The molecular formula is C25H28BN7O7S. The summed E-state index contributed by atoms with van der Waals surface area (Å²) >= 11 is 1.11. The number of amides is 1. The molecule has 0 bridgehead atoms. The van der Waals surface area contributed by atoms with Crippen molar-refractivity contribution in [2.75, 3.05) is 32.0 Å². The maximum Gasteiger partial charge on any atom is 0.547 e. The SMILES string of the molecule is NCCN=C(N)c1ccc(OCCO/N=C(\C(=O)N[C@H]2Cc3cccc(C(=O)O)c3OB2O)c2csc(N)n2)cc1. The molecule has 0 saturated carbocycles. The van der Waals surface area contributed by atoms with E-state index in [0.29, 0.717) is 30.2 Å². The molecule has 0 saturated heterocycles. The summed E-state index contributed by atoms with van der Waals surface area (Å²) in [6.07, 6.45) is 0.119. The molecular weight excluding hydrogens is 553 g/mol. The second-order valence-electron chi connectivity index (χ2n) is 8.66. The second kappa shape index (κ2) is 13.6. The molecule has 14 nitrogen and oxygen atoms in total. The first kappa shape index (κ1) is 29.3. The Hall–Kier alpha value is -4.67. The number of nitrogens with zero attached hydrogens (tertiary/aromatic N) is 3. The lowest BCUT2D eigenvalue weighted by Gasteiger charge is -2.28. The highest BCUT2D eigenvalue weighted by Gasteiger charge is 2.38. The maximum absolute atomic E-state index is 13.2. The van der Waals surface area contributed by atoms with Crippen molar-refractivity contribution in [2.24, 2.45) is 21.6 Å². The molecule has 0 spiro atoms. The van der Waals surface area contributed by atoms with Crippen LogP contribution in [0, 0.1) is 0 Å². The molecule has 2 aromatic carbocycles. The molecule has 41 heavy (non-hydrogen) atoms. The van der Waals surface area contributed by atoms with E-state index in [9.17, 15) is 19.7 Å². The molecule has 1 amide bonds. The van der Waals surface area contributed by atoms with Gasteiger partial charge in [-0.1, -0.05) is 17.3 Å². The van der Waals surface area contributed by atoms with Gasteiger partial charge in [0.05, 0.1) is 18.0 Å². The van der Waals surface area contributed by atoms with E-state index < -0.39 is 24.9 Å². The Morgan fingerprint density at radius 3 is 2.68 bits per heavy atom. The summed E-state index contributed by atoms with van der Waals surface area (Å²) in [5.74, 6) is -1.79. The van der Waals surface area contributed by atoms with Crippen molar-refractivity contribution in [1.29, 1.82) is 0 Å². The number of para-hydroxylation sites is 1. The van der Waals surface area contributed by atoms with E-state index in [0.717, 1.165) is 16.9 Å². The Balaban J connectivity index is 1.37. The van der Waals surface area contributed by atoms with Crippen molar-refractivity contribution >= 4 is 47.0 Å². The number of nitrogens with one attached hydrogen (secondary N) is 1. The molecule has 9 N–H and O–H groups in total. The number of amidine groups is 1. The monoisotopic (exact) mass is 581 g/mol. The number of fused-ring (bicyclic) bond motifs is 1. The number of nitrogen functional groups attached to an aromatic ring is 1. The number of rotatable bonds is 12. The van der Waals surface area contributed by atoms with Gasteiger partial charge in [-0.2, -0.15) is 0 Å². The van der Waals surface area contributed by atoms with E-state index >= 15 is 0 Å². The van der Waals surface area contributed by atoms with Crippen molar-refractivity contribution in [2.45, 2.75) is 12.4 Å². The van der Waals surface area contributed by atoms with Gasteiger partial charge in [-0.15, -0.1) is 11.3 Å². The molecule has 1 aliphatic heterocycles. The van der Waals surface area contributed by atoms with Gasteiger partial charge in [0.15, 0.2) is 17.5 Å². The summed E-state index contributed by atoms with van der Waals surface area (Å²) in [4.78, 5) is 38.3. The molecule has 16 heteroatoms. The van der Waals surface area contributed by atoms with E-state index in [2.05, 4.69) is 20.4 Å². The normalized spacial score (nSPS) is 15.1. The predicted octanol–water partition coefficient (Wildman–Crippen LogP) is 0.0268. The zero-order valence-electron chi connectivity index (χ0n) is 21.7. The lowest BCUT2D eigenvalue weighted by atomic mass is 9.72. The minimum Gasteiger partial charge on any atom is -0.534 e. The molecule has 2 heterocycles. The summed E-state index contributed by atoms with van der Waals surface area (Å²) < 4.78 is 11.1. The van der Waals surface area contributed by atoms with E-state index in [1.807, 2.05) is 0 Å². The van der Waals surface area contributed by atoms with Crippen LogP contribution in [-0.4, -0.2) is 77.9 Å². The number of ether oxygens (including phenoxy) is 1. The number of hydrogen-bond donors (Lipinski definition) is 6. The highest BCUT2D eigenvalue weighted by atomic mass is 32.1. The van der Waals surface area contributed by atoms with Gasteiger partial charge in [0.25, 0.3) is 5.91 Å². The van der Waals surface area contributed by atoms with E-state index in [1.165, 1.54) is 6.07 Å². The number of thiazole rings is 1.